The summed E-state index contributed by atoms with van der Waals surface area (Å²) in [5, 5.41) is 6.46. The lowest BCUT2D eigenvalue weighted by Crippen LogP contribution is -2.48. The number of nitrogens with zero attached hydrogens (tertiary/aromatic N) is 2. The maximum absolute atomic E-state index is 12.4. The number of carbonyl (C=O) groups excluding carboxylic acids is 1. The van der Waals surface area contributed by atoms with Gasteiger partial charge in [0, 0.05) is 6.42 Å². The van der Waals surface area contributed by atoms with Gasteiger partial charge in [0.2, 0.25) is 0 Å². The number of anilines is 1. The van der Waals surface area contributed by atoms with Crippen LogP contribution < -0.4 is 9.75 Å². The predicted octanol–water partition coefficient (Wildman–Crippen LogP) is 3.24. The number of benzene rings is 2. The van der Waals surface area contributed by atoms with Gasteiger partial charge in [0.15, 0.2) is 5.54 Å². The third-order valence-corrected chi connectivity index (χ3v) is 4.25. The van der Waals surface area contributed by atoms with Crippen molar-refractivity contribution in [1.82, 2.24) is 0 Å². The molecule has 5 heteroatoms. The minimum Gasteiger partial charge on any atom is -0.497 e. The smallest absolute Gasteiger partial charge is 0.333 e. The van der Waals surface area contributed by atoms with Crippen LogP contribution in [-0.2, 0) is 9.53 Å². The van der Waals surface area contributed by atoms with Crippen molar-refractivity contribution in [1.29, 1.82) is 0 Å². The highest BCUT2D eigenvalue weighted by Crippen LogP contribution is 2.35. The zero-order valence-electron chi connectivity index (χ0n) is 14.0. The van der Waals surface area contributed by atoms with E-state index in [0.717, 1.165) is 22.7 Å². The Morgan fingerprint density at radius 1 is 1.08 bits per heavy atom. The van der Waals surface area contributed by atoms with Crippen LogP contribution in [0, 0.1) is 0 Å². The molecule has 2 aromatic carbocycles. The summed E-state index contributed by atoms with van der Waals surface area (Å²) in [4.78, 5) is 12.4. The van der Waals surface area contributed by atoms with Crippen molar-refractivity contribution in [3.8, 4) is 5.75 Å². The Balaban J connectivity index is 2.01. The molecule has 0 N–H and O–H groups in total. The number of carbonyl (C=O) groups is 1. The molecule has 0 aromatic heterocycles. The van der Waals surface area contributed by atoms with Crippen molar-refractivity contribution >= 4 is 17.4 Å². The number of ether oxygens (including phenoxy) is 2. The zero-order valence-corrected chi connectivity index (χ0v) is 14.0. The van der Waals surface area contributed by atoms with E-state index in [0.29, 0.717) is 6.42 Å². The van der Waals surface area contributed by atoms with E-state index in [2.05, 4.69) is 0 Å². The first-order valence-electron chi connectivity index (χ1n) is 7.74. The highest BCUT2D eigenvalue weighted by atomic mass is 16.5. The second-order valence-electron chi connectivity index (χ2n) is 5.86. The van der Waals surface area contributed by atoms with Gasteiger partial charge in [-0.05, 0) is 48.9 Å². The summed E-state index contributed by atoms with van der Waals surface area (Å²) in [7, 11) is 3.04. The van der Waals surface area contributed by atoms with E-state index >= 15 is 0 Å². The number of para-hydroxylation sites is 1. The van der Waals surface area contributed by atoms with Crippen LogP contribution >= 0.6 is 0 Å². The van der Waals surface area contributed by atoms with Gasteiger partial charge in [0.1, 0.15) is 5.75 Å². The average molecular weight is 324 g/mol. The summed E-state index contributed by atoms with van der Waals surface area (Å²) in [5.41, 5.74) is 1.79. The molecule has 0 spiro atoms. The summed E-state index contributed by atoms with van der Waals surface area (Å²) in [6.45, 7) is 1.85. The van der Waals surface area contributed by atoms with E-state index < -0.39 is 5.54 Å². The van der Waals surface area contributed by atoms with Gasteiger partial charge in [0.05, 0.1) is 25.6 Å². The number of methoxy groups -OCH3 is 2. The van der Waals surface area contributed by atoms with E-state index in [1.807, 2.05) is 61.5 Å². The molecule has 5 nitrogen and oxygen atoms in total. The summed E-state index contributed by atoms with van der Waals surface area (Å²) in [6, 6.07) is 17.3. The SMILES string of the molecule is COC(=O)C1(C)CC(c2ccc(OC)cc2)=NN1c1ccccc1. The Kier molecular flexibility index (Phi) is 4.25. The van der Waals surface area contributed by atoms with E-state index in [1.165, 1.54) is 7.11 Å². The maximum Gasteiger partial charge on any atom is 0.333 e. The predicted molar refractivity (Wildman–Crippen MR) is 93.5 cm³/mol. The first-order chi connectivity index (χ1) is 11.6. The van der Waals surface area contributed by atoms with Crippen LogP contribution in [0.15, 0.2) is 59.7 Å². The van der Waals surface area contributed by atoms with Crippen molar-refractivity contribution in [2.24, 2.45) is 5.10 Å². The second kappa shape index (κ2) is 6.35. The molecule has 0 radical (unpaired) electrons. The molecule has 24 heavy (non-hydrogen) atoms. The molecule has 0 bridgehead atoms. The standard InChI is InChI=1S/C19H20N2O3/c1-19(18(22)24-3)13-17(14-9-11-16(23-2)12-10-14)20-21(19)15-7-5-4-6-8-15/h4-12H,13H2,1-3H3. The first-order valence-corrected chi connectivity index (χ1v) is 7.74. The Bertz CT molecular complexity index is 756. The fourth-order valence-corrected chi connectivity index (χ4v) is 2.90. The number of esters is 1. The first kappa shape index (κ1) is 16.1. The van der Waals surface area contributed by atoms with Gasteiger partial charge < -0.3 is 9.47 Å². The van der Waals surface area contributed by atoms with Crippen molar-refractivity contribution < 1.29 is 14.3 Å². The molecule has 1 aliphatic rings. The molecule has 1 aliphatic heterocycles. The molecule has 0 fully saturated rings. The molecule has 0 amide bonds. The van der Waals surface area contributed by atoms with Crippen LogP contribution in [0.1, 0.15) is 18.9 Å². The molecule has 0 saturated heterocycles. The van der Waals surface area contributed by atoms with Gasteiger partial charge in [-0.2, -0.15) is 5.10 Å². The summed E-state index contributed by atoms with van der Waals surface area (Å²) >= 11 is 0. The van der Waals surface area contributed by atoms with E-state index in [4.69, 9.17) is 14.6 Å². The highest BCUT2D eigenvalue weighted by Gasteiger charge is 2.47. The molecule has 0 aliphatic carbocycles. The Labute approximate surface area is 141 Å². The van der Waals surface area contributed by atoms with Gasteiger partial charge in [-0.15, -0.1) is 0 Å². The highest BCUT2D eigenvalue weighted by molar-refractivity contribution is 6.08. The average Bonchev–Trinajstić information content (AvgIpc) is 3.00. The van der Waals surface area contributed by atoms with Crippen molar-refractivity contribution in [3.63, 3.8) is 0 Å². The monoisotopic (exact) mass is 324 g/mol. The third-order valence-electron chi connectivity index (χ3n) is 4.25. The van der Waals surface area contributed by atoms with E-state index in [1.54, 1.807) is 12.1 Å². The van der Waals surface area contributed by atoms with E-state index in [-0.39, 0.29) is 5.97 Å². The molecule has 124 valence electrons. The molecule has 0 saturated carbocycles. The molecule has 1 atom stereocenters. The topological polar surface area (TPSA) is 51.1 Å². The molecule has 3 rings (SSSR count). The number of rotatable bonds is 4. The van der Waals surface area contributed by atoms with Crippen LogP contribution in [-0.4, -0.2) is 31.4 Å². The van der Waals surface area contributed by atoms with Crippen molar-refractivity contribution in [3.05, 3.63) is 60.2 Å². The van der Waals surface area contributed by atoms with Crippen LogP contribution in [0.3, 0.4) is 0 Å². The Morgan fingerprint density at radius 2 is 1.75 bits per heavy atom. The van der Waals surface area contributed by atoms with Gasteiger partial charge in [-0.25, -0.2) is 9.80 Å². The number of hydrogen-bond acceptors (Lipinski definition) is 5. The second-order valence-corrected chi connectivity index (χ2v) is 5.86. The Hall–Kier alpha value is -2.82. The normalized spacial score (nSPS) is 19.8. The zero-order chi connectivity index (χ0) is 17.2. The molecular weight excluding hydrogens is 304 g/mol. The van der Waals surface area contributed by atoms with Crippen LogP contribution in [0.5, 0.6) is 5.75 Å². The van der Waals surface area contributed by atoms with Crippen molar-refractivity contribution in [2.45, 2.75) is 18.9 Å². The van der Waals surface area contributed by atoms with Crippen LogP contribution in [0.2, 0.25) is 0 Å². The summed E-state index contributed by atoms with van der Waals surface area (Å²) in [6.07, 6.45) is 0.473. The van der Waals surface area contributed by atoms with Gasteiger partial charge >= 0.3 is 5.97 Å². The Morgan fingerprint density at radius 3 is 2.33 bits per heavy atom. The largest absolute Gasteiger partial charge is 0.497 e. The fourth-order valence-electron chi connectivity index (χ4n) is 2.90. The van der Waals surface area contributed by atoms with Gasteiger partial charge in [-0.3, -0.25) is 0 Å². The fraction of sp³-hybridized carbons (Fsp3) is 0.263. The molecule has 1 heterocycles. The lowest BCUT2D eigenvalue weighted by molar-refractivity contribution is -0.146. The van der Waals surface area contributed by atoms with Gasteiger partial charge in [-0.1, -0.05) is 18.2 Å². The lowest BCUT2D eigenvalue weighted by Gasteiger charge is -2.31. The minimum absolute atomic E-state index is 0.307. The minimum atomic E-state index is -0.870. The third kappa shape index (κ3) is 2.73. The lowest BCUT2D eigenvalue weighted by atomic mass is 9.92. The summed E-state index contributed by atoms with van der Waals surface area (Å²) in [5.74, 6) is 0.478. The van der Waals surface area contributed by atoms with E-state index in [9.17, 15) is 4.79 Å². The molecular formula is C19H20N2O3. The molecule has 1 unspecified atom stereocenters. The summed E-state index contributed by atoms with van der Waals surface area (Å²) < 4.78 is 10.2. The van der Waals surface area contributed by atoms with Crippen LogP contribution in [0.25, 0.3) is 0 Å². The van der Waals surface area contributed by atoms with Crippen molar-refractivity contribution in [2.75, 3.05) is 19.2 Å². The number of hydrogen-bond donors (Lipinski definition) is 0. The molecule has 2 aromatic rings. The van der Waals surface area contributed by atoms with Gasteiger partial charge in [0.25, 0.3) is 0 Å². The van der Waals surface area contributed by atoms with Crippen LogP contribution in [0.4, 0.5) is 5.69 Å². The maximum atomic E-state index is 12.4. The number of hydrazone groups is 1. The quantitative estimate of drug-likeness (QED) is 0.810.